The van der Waals surface area contributed by atoms with Gasteiger partial charge in [0.2, 0.25) is 0 Å². The van der Waals surface area contributed by atoms with Crippen molar-refractivity contribution >= 4 is 27.7 Å². The Morgan fingerprint density at radius 2 is 1.97 bits per heavy atom. The Labute approximate surface area is 195 Å². The van der Waals surface area contributed by atoms with Gasteiger partial charge >= 0.3 is 0 Å². The molecular weight excluding hydrogens is 510 g/mol. The molecule has 2 unspecified atom stereocenters. The average molecular weight is 531 g/mol. The molecule has 0 spiro atoms. The molecule has 0 aliphatic rings. The van der Waals surface area contributed by atoms with Gasteiger partial charge in [0, 0.05) is 27.3 Å². The van der Waals surface area contributed by atoms with Crippen LogP contribution in [0, 0.1) is 11.6 Å². The molecule has 172 valence electrons. The maximum atomic E-state index is 13.5. The summed E-state index contributed by atoms with van der Waals surface area (Å²) in [4.78, 5) is 4.76. The van der Waals surface area contributed by atoms with E-state index in [1.54, 1.807) is 18.5 Å². The molecule has 3 aromatic rings. The van der Waals surface area contributed by atoms with E-state index in [1.165, 1.54) is 23.9 Å². The lowest BCUT2D eigenvalue weighted by Crippen LogP contribution is -2.39. The number of pyridine rings is 1. The highest BCUT2D eigenvalue weighted by atomic mass is 79.9. The average Bonchev–Trinajstić information content (AvgIpc) is 3.21. The monoisotopic (exact) mass is 530 g/mol. The fourth-order valence-electron chi connectivity index (χ4n) is 2.72. The molecule has 32 heavy (non-hydrogen) atoms. The summed E-state index contributed by atoms with van der Waals surface area (Å²) in [5.41, 5.74) is -0.259. The van der Waals surface area contributed by atoms with Gasteiger partial charge in [-0.1, -0.05) is 17.0 Å². The third-order valence-corrected chi connectivity index (χ3v) is 5.99. The lowest BCUT2D eigenvalue weighted by molar-refractivity contribution is -0.0972. The second kappa shape index (κ2) is 11.3. The number of hydrogen-bond acceptors (Lipinski definition) is 8. The molecule has 0 radical (unpaired) electrons. The molecule has 1 aromatic carbocycles. The predicted octanol–water partition coefficient (Wildman–Crippen LogP) is 2.62. The van der Waals surface area contributed by atoms with Crippen molar-refractivity contribution in [3.8, 4) is 11.3 Å². The van der Waals surface area contributed by atoms with E-state index in [9.17, 15) is 24.1 Å². The van der Waals surface area contributed by atoms with E-state index in [0.717, 1.165) is 28.4 Å². The lowest BCUT2D eigenvalue weighted by atomic mass is 10.1. The van der Waals surface area contributed by atoms with Crippen LogP contribution in [0.5, 0.6) is 0 Å². The Balaban J connectivity index is 1.77. The maximum Gasteiger partial charge on any atom is 0.159 e. The molecule has 8 nitrogen and oxygen atoms in total. The Bertz CT molecular complexity index is 1040. The zero-order chi connectivity index (χ0) is 23.3. The van der Waals surface area contributed by atoms with Crippen molar-refractivity contribution in [1.82, 2.24) is 20.0 Å². The minimum atomic E-state index is -1.13. The van der Waals surface area contributed by atoms with E-state index in [1.807, 2.05) is 0 Å². The minimum Gasteiger partial charge on any atom is -0.394 e. The molecule has 12 heteroatoms. The van der Waals surface area contributed by atoms with Crippen molar-refractivity contribution in [2.75, 3.05) is 6.61 Å². The van der Waals surface area contributed by atoms with Gasteiger partial charge in [-0.3, -0.25) is 4.98 Å². The van der Waals surface area contributed by atoms with Gasteiger partial charge in [-0.05, 0) is 47.1 Å². The highest BCUT2D eigenvalue weighted by Crippen LogP contribution is 2.30. The summed E-state index contributed by atoms with van der Waals surface area (Å²) in [5.74, 6) is -1.97. The molecule has 3 N–H and O–H groups in total. The molecule has 2 aromatic heterocycles. The molecule has 4 atom stereocenters. The molecular formula is C20H21BrF2N4O4S. The first kappa shape index (κ1) is 24.7. The van der Waals surface area contributed by atoms with Crippen LogP contribution in [0.4, 0.5) is 8.78 Å². The fourth-order valence-corrected chi connectivity index (χ4v) is 4.27. The third-order valence-electron chi connectivity index (χ3n) is 4.40. The zero-order valence-electron chi connectivity index (χ0n) is 16.8. The van der Waals surface area contributed by atoms with Crippen molar-refractivity contribution in [3.05, 3.63) is 59.0 Å². The van der Waals surface area contributed by atoms with E-state index in [2.05, 4.69) is 31.2 Å². The summed E-state index contributed by atoms with van der Waals surface area (Å²) in [7, 11) is 0. The van der Waals surface area contributed by atoms with Crippen LogP contribution in [0.3, 0.4) is 0 Å². The summed E-state index contributed by atoms with van der Waals surface area (Å²) in [5, 5.41) is 38.1. The van der Waals surface area contributed by atoms with Gasteiger partial charge in [-0.15, -0.1) is 5.10 Å². The van der Waals surface area contributed by atoms with Gasteiger partial charge in [-0.2, -0.15) is 0 Å². The van der Waals surface area contributed by atoms with Crippen LogP contribution in [0.1, 0.15) is 6.92 Å². The number of thioether (sulfide) groups is 1. The van der Waals surface area contributed by atoms with E-state index < -0.39 is 42.0 Å². The number of aliphatic hydroxyl groups excluding tert-OH is 3. The van der Waals surface area contributed by atoms with Crippen LogP contribution in [0.15, 0.2) is 52.2 Å². The number of rotatable bonds is 10. The van der Waals surface area contributed by atoms with Gasteiger partial charge in [0.05, 0.1) is 25.5 Å². The molecule has 0 fully saturated rings. The van der Waals surface area contributed by atoms with E-state index in [-0.39, 0.29) is 6.54 Å². The number of benzene rings is 1. The molecule has 0 aliphatic carbocycles. The van der Waals surface area contributed by atoms with Crippen molar-refractivity contribution in [3.63, 3.8) is 0 Å². The number of hydrogen-bond donors (Lipinski definition) is 3. The van der Waals surface area contributed by atoms with E-state index in [4.69, 9.17) is 4.74 Å². The topological polar surface area (TPSA) is 114 Å². The molecule has 3 rings (SSSR count). The number of aromatic nitrogens is 4. The van der Waals surface area contributed by atoms with E-state index in [0.29, 0.717) is 16.2 Å². The molecule has 0 amide bonds. The third kappa shape index (κ3) is 6.53. The first-order valence-corrected chi connectivity index (χ1v) is 11.2. The van der Waals surface area contributed by atoms with Gasteiger partial charge in [-0.25, -0.2) is 13.5 Å². The molecule has 0 saturated heterocycles. The quantitative estimate of drug-likeness (QED) is 0.271. The summed E-state index contributed by atoms with van der Waals surface area (Å²) >= 11 is 4.49. The van der Waals surface area contributed by atoms with Gasteiger partial charge in [0.15, 0.2) is 11.6 Å². The minimum absolute atomic E-state index is 0.0479. The number of halogens is 3. The second-order valence-corrected chi connectivity index (χ2v) is 9.03. The SMILES string of the molecule is C[C@@H](O)C(CO)OC(Sc1cncc(Br)c1)[C@@H](O)Cn1cc(-c2ccc(F)c(F)c2)nn1. The van der Waals surface area contributed by atoms with Crippen LogP contribution in [0.2, 0.25) is 0 Å². The second-order valence-electron chi connectivity index (χ2n) is 6.94. The largest absolute Gasteiger partial charge is 0.394 e. The highest BCUT2D eigenvalue weighted by Gasteiger charge is 2.28. The fraction of sp³-hybridized carbons (Fsp3) is 0.350. The number of aliphatic hydroxyl groups is 3. The highest BCUT2D eigenvalue weighted by molar-refractivity contribution is 9.10. The van der Waals surface area contributed by atoms with Crippen LogP contribution in [-0.4, -0.2) is 65.7 Å². The lowest BCUT2D eigenvalue weighted by Gasteiger charge is -2.28. The Morgan fingerprint density at radius 3 is 2.62 bits per heavy atom. The zero-order valence-corrected chi connectivity index (χ0v) is 19.2. The summed E-state index contributed by atoms with van der Waals surface area (Å²) in [6.07, 6.45) is 1.66. The van der Waals surface area contributed by atoms with Crippen LogP contribution in [-0.2, 0) is 11.3 Å². The van der Waals surface area contributed by atoms with E-state index >= 15 is 0 Å². The summed E-state index contributed by atoms with van der Waals surface area (Å²) < 4.78 is 34.5. The smallest absolute Gasteiger partial charge is 0.159 e. The van der Waals surface area contributed by atoms with Crippen LogP contribution < -0.4 is 0 Å². The van der Waals surface area contributed by atoms with Gasteiger partial charge in [0.1, 0.15) is 23.3 Å². The summed E-state index contributed by atoms with van der Waals surface area (Å²) in [6, 6.07) is 5.17. The predicted molar refractivity (Wildman–Crippen MR) is 117 cm³/mol. The van der Waals surface area contributed by atoms with Crippen molar-refractivity contribution < 1.29 is 28.8 Å². The summed E-state index contributed by atoms with van der Waals surface area (Å²) in [6.45, 7) is 0.983. The Kier molecular flexibility index (Phi) is 8.68. The molecule has 0 bridgehead atoms. The molecule has 0 aliphatic heterocycles. The normalized spacial score (nSPS) is 15.3. The van der Waals surface area contributed by atoms with Crippen molar-refractivity contribution in [2.45, 2.75) is 42.1 Å². The first-order valence-electron chi connectivity index (χ1n) is 9.52. The standard InChI is InChI=1S/C20H21BrF2N4O4S/c1-11(29)19(10-28)31-20(32-14-5-13(21)6-24-7-14)18(30)9-27-8-17(25-26-27)12-2-3-15(22)16(23)4-12/h2-8,11,18-20,28-30H,9-10H2,1H3/t11-,18+,19?,20?/m1/s1. The first-order chi connectivity index (χ1) is 15.3. The van der Waals surface area contributed by atoms with Crippen LogP contribution in [0.25, 0.3) is 11.3 Å². The maximum absolute atomic E-state index is 13.5. The van der Waals surface area contributed by atoms with Crippen molar-refractivity contribution in [2.24, 2.45) is 0 Å². The Hall–Kier alpha value is -1.96. The Morgan fingerprint density at radius 1 is 1.19 bits per heavy atom. The van der Waals surface area contributed by atoms with Crippen molar-refractivity contribution in [1.29, 1.82) is 0 Å². The molecule has 2 heterocycles. The van der Waals surface area contributed by atoms with Crippen LogP contribution >= 0.6 is 27.7 Å². The van der Waals surface area contributed by atoms with Gasteiger partial charge < -0.3 is 20.1 Å². The number of ether oxygens (including phenoxy) is 1. The van der Waals surface area contributed by atoms with Gasteiger partial charge in [0.25, 0.3) is 0 Å². The molecule has 0 saturated carbocycles. The number of nitrogens with zero attached hydrogens (tertiary/aromatic N) is 4.